The van der Waals surface area contributed by atoms with E-state index in [1.807, 2.05) is 41.4 Å². The molecule has 2 aromatic heterocycles. The van der Waals surface area contributed by atoms with Gasteiger partial charge >= 0.3 is 0 Å². The highest BCUT2D eigenvalue weighted by Crippen LogP contribution is 2.36. The van der Waals surface area contributed by atoms with Crippen molar-refractivity contribution in [1.82, 2.24) is 14.7 Å². The van der Waals surface area contributed by atoms with Gasteiger partial charge in [-0.3, -0.25) is 14.3 Å². The smallest absolute Gasteiger partial charge is 0.264 e. The first-order valence-corrected chi connectivity index (χ1v) is 9.10. The fourth-order valence-electron chi connectivity index (χ4n) is 3.91. The molecule has 0 bridgehead atoms. The van der Waals surface area contributed by atoms with Crippen molar-refractivity contribution in [3.63, 3.8) is 0 Å². The normalized spacial score (nSPS) is 23.7. The van der Waals surface area contributed by atoms with Crippen LogP contribution in [0, 0.1) is 6.92 Å². The van der Waals surface area contributed by atoms with Crippen LogP contribution < -0.4 is 4.90 Å². The highest BCUT2D eigenvalue weighted by Gasteiger charge is 2.46. The molecular weight excluding hydrogens is 324 g/mol. The second-order valence-corrected chi connectivity index (χ2v) is 7.45. The lowest BCUT2D eigenvalue weighted by molar-refractivity contribution is -0.120. The fraction of sp³-hybridized carbons (Fsp3) is 0.471. The Hall–Kier alpha value is -2.15. The molecule has 6 nitrogen and oxygen atoms in total. The van der Waals surface area contributed by atoms with Gasteiger partial charge in [-0.15, -0.1) is 11.3 Å². The Morgan fingerprint density at radius 3 is 2.83 bits per heavy atom. The molecule has 2 atom stereocenters. The van der Waals surface area contributed by atoms with Crippen molar-refractivity contribution < 1.29 is 9.59 Å². The average Bonchev–Trinajstić information content (AvgIpc) is 3.26. The van der Waals surface area contributed by atoms with Crippen LogP contribution in [0.3, 0.4) is 0 Å². The van der Waals surface area contributed by atoms with Crippen LogP contribution in [0.15, 0.2) is 23.8 Å². The highest BCUT2D eigenvalue weighted by atomic mass is 32.1. The first-order chi connectivity index (χ1) is 11.6. The summed E-state index contributed by atoms with van der Waals surface area (Å²) in [6.45, 7) is 2.68. The number of fused-ring (bicyclic) bond motifs is 1. The van der Waals surface area contributed by atoms with Crippen LogP contribution in [0.5, 0.6) is 0 Å². The quantitative estimate of drug-likeness (QED) is 0.839. The van der Waals surface area contributed by atoms with Crippen molar-refractivity contribution >= 4 is 28.8 Å². The maximum absolute atomic E-state index is 12.9. The molecule has 2 amide bonds. The Balaban J connectivity index is 1.62. The van der Waals surface area contributed by atoms with E-state index in [9.17, 15) is 9.59 Å². The maximum atomic E-state index is 12.9. The highest BCUT2D eigenvalue weighted by molar-refractivity contribution is 7.12. The van der Waals surface area contributed by atoms with E-state index in [0.717, 1.165) is 29.0 Å². The summed E-state index contributed by atoms with van der Waals surface area (Å²) in [6.07, 6.45) is 5.64. The van der Waals surface area contributed by atoms with Crippen LogP contribution in [0.1, 0.15) is 34.5 Å². The summed E-state index contributed by atoms with van der Waals surface area (Å²) in [5.41, 5.74) is 1.86. The number of likely N-dealkylation sites (tertiary alicyclic amines) is 1. The van der Waals surface area contributed by atoms with E-state index in [2.05, 4.69) is 5.10 Å². The van der Waals surface area contributed by atoms with Gasteiger partial charge in [0.15, 0.2) is 0 Å². The van der Waals surface area contributed by atoms with E-state index in [4.69, 9.17) is 0 Å². The molecule has 0 saturated carbocycles. The van der Waals surface area contributed by atoms with Crippen LogP contribution in [0.2, 0.25) is 0 Å². The molecule has 0 aromatic carbocycles. The van der Waals surface area contributed by atoms with E-state index in [1.54, 1.807) is 10.9 Å². The summed E-state index contributed by atoms with van der Waals surface area (Å²) in [7, 11) is 1.85. The number of aromatic nitrogens is 2. The van der Waals surface area contributed by atoms with Crippen molar-refractivity contribution in [2.45, 2.75) is 38.3 Å². The van der Waals surface area contributed by atoms with Gasteiger partial charge in [0.25, 0.3) is 5.91 Å². The fourth-order valence-corrected chi connectivity index (χ4v) is 4.79. The van der Waals surface area contributed by atoms with Crippen molar-refractivity contribution in [3.05, 3.63) is 34.3 Å². The molecule has 0 radical (unpaired) electrons. The molecule has 2 aliphatic heterocycles. The van der Waals surface area contributed by atoms with Crippen molar-refractivity contribution in [2.75, 3.05) is 11.4 Å². The first kappa shape index (κ1) is 15.4. The van der Waals surface area contributed by atoms with E-state index >= 15 is 0 Å². The number of anilines is 1. The molecular formula is C17H20N4O2S. The Morgan fingerprint density at radius 1 is 1.33 bits per heavy atom. The lowest BCUT2D eigenvalue weighted by atomic mass is 9.95. The van der Waals surface area contributed by atoms with Crippen LogP contribution in [-0.4, -0.2) is 45.1 Å². The van der Waals surface area contributed by atoms with E-state index < -0.39 is 0 Å². The zero-order valence-electron chi connectivity index (χ0n) is 13.8. The number of rotatable bonds is 2. The molecule has 0 unspecified atom stereocenters. The van der Waals surface area contributed by atoms with Gasteiger partial charge in [0, 0.05) is 26.2 Å². The van der Waals surface area contributed by atoms with Gasteiger partial charge in [0.1, 0.15) is 0 Å². The predicted molar refractivity (Wildman–Crippen MR) is 92.2 cm³/mol. The lowest BCUT2D eigenvalue weighted by Crippen LogP contribution is -2.53. The zero-order valence-corrected chi connectivity index (χ0v) is 14.6. The summed E-state index contributed by atoms with van der Waals surface area (Å²) in [5, 5.41) is 6.15. The predicted octanol–water partition coefficient (Wildman–Crippen LogP) is 2.20. The van der Waals surface area contributed by atoms with Gasteiger partial charge in [-0.2, -0.15) is 5.10 Å². The first-order valence-electron chi connectivity index (χ1n) is 8.22. The Labute approximate surface area is 144 Å². The molecule has 2 fully saturated rings. The monoisotopic (exact) mass is 344 g/mol. The SMILES string of the molecule is Cc1ccsc1C(=O)N1CC[C@@H]2[C@H]1CCC(=O)N2c1cnn(C)c1. The molecule has 0 aliphatic carbocycles. The van der Waals surface area contributed by atoms with Gasteiger partial charge in [0.2, 0.25) is 5.91 Å². The molecule has 2 aliphatic rings. The number of carbonyl (C=O) groups excluding carboxylic acids is 2. The van der Waals surface area contributed by atoms with Crippen LogP contribution in [0.25, 0.3) is 0 Å². The minimum atomic E-state index is 0.0552. The van der Waals surface area contributed by atoms with Crippen LogP contribution in [0.4, 0.5) is 5.69 Å². The summed E-state index contributed by atoms with van der Waals surface area (Å²) in [4.78, 5) is 30.1. The largest absolute Gasteiger partial charge is 0.333 e. The Bertz CT molecular complexity index is 796. The van der Waals surface area contributed by atoms with Gasteiger partial charge in [-0.25, -0.2) is 0 Å². The van der Waals surface area contributed by atoms with Crippen LogP contribution in [-0.2, 0) is 11.8 Å². The standard InChI is InChI=1S/C17H20N4O2S/c1-11-6-8-24-16(11)17(23)20-7-5-14-13(20)3-4-15(22)21(14)12-9-18-19(2)10-12/h6,8-10,13-14H,3-5,7H2,1-2H3/t13-,14-/m1/s1. The molecule has 126 valence electrons. The third-order valence-electron chi connectivity index (χ3n) is 5.05. The zero-order chi connectivity index (χ0) is 16.8. The summed E-state index contributed by atoms with van der Waals surface area (Å²) >= 11 is 1.50. The van der Waals surface area contributed by atoms with Gasteiger partial charge in [0.05, 0.1) is 28.8 Å². The number of amides is 2. The second-order valence-electron chi connectivity index (χ2n) is 6.53. The summed E-state index contributed by atoms with van der Waals surface area (Å²) in [5.74, 6) is 0.237. The number of thiophene rings is 1. The minimum absolute atomic E-state index is 0.0552. The van der Waals surface area contributed by atoms with E-state index in [-0.39, 0.29) is 23.9 Å². The third-order valence-corrected chi connectivity index (χ3v) is 6.06. The number of hydrogen-bond donors (Lipinski definition) is 0. The Kier molecular flexibility index (Phi) is 3.68. The summed E-state index contributed by atoms with van der Waals surface area (Å²) < 4.78 is 1.71. The lowest BCUT2D eigenvalue weighted by Gasteiger charge is -2.39. The van der Waals surface area contributed by atoms with Crippen molar-refractivity contribution in [3.8, 4) is 0 Å². The molecule has 24 heavy (non-hydrogen) atoms. The van der Waals surface area contributed by atoms with Gasteiger partial charge in [-0.05, 0) is 36.8 Å². The van der Waals surface area contributed by atoms with Crippen LogP contribution >= 0.6 is 11.3 Å². The molecule has 4 rings (SSSR count). The molecule has 0 spiro atoms. The molecule has 7 heteroatoms. The number of aryl methyl sites for hydroxylation is 2. The molecule has 2 saturated heterocycles. The van der Waals surface area contributed by atoms with E-state index in [1.165, 1.54) is 11.3 Å². The maximum Gasteiger partial charge on any atom is 0.264 e. The topological polar surface area (TPSA) is 58.4 Å². The van der Waals surface area contributed by atoms with E-state index in [0.29, 0.717) is 13.0 Å². The minimum Gasteiger partial charge on any atom is -0.333 e. The number of hydrogen-bond acceptors (Lipinski definition) is 4. The number of nitrogens with zero attached hydrogens (tertiary/aromatic N) is 4. The Morgan fingerprint density at radius 2 is 2.17 bits per heavy atom. The molecule has 0 N–H and O–H groups in total. The van der Waals surface area contributed by atoms with Crippen molar-refractivity contribution in [2.24, 2.45) is 7.05 Å². The average molecular weight is 344 g/mol. The van der Waals surface area contributed by atoms with Gasteiger partial charge < -0.3 is 9.80 Å². The number of carbonyl (C=O) groups is 2. The molecule has 4 heterocycles. The third kappa shape index (κ3) is 2.34. The molecule has 2 aromatic rings. The summed E-state index contributed by atoms with van der Waals surface area (Å²) in [6, 6.07) is 2.13. The van der Waals surface area contributed by atoms with Crippen molar-refractivity contribution in [1.29, 1.82) is 0 Å². The second kappa shape index (κ2) is 5.73. The van der Waals surface area contributed by atoms with Gasteiger partial charge in [-0.1, -0.05) is 0 Å². The number of piperidine rings is 1.